The van der Waals surface area contributed by atoms with E-state index in [-0.39, 0.29) is 23.2 Å². The third-order valence-electron chi connectivity index (χ3n) is 4.56. The molecule has 1 fully saturated rings. The molecule has 1 aliphatic rings. The van der Waals surface area contributed by atoms with Crippen LogP contribution in [0.3, 0.4) is 0 Å². The maximum Gasteiger partial charge on any atom is 0.471 e. The quantitative estimate of drug-likeness (QED) is 0.823. The highest BCUT2D eigenvalue weighted by Gasteiger charge is 2.47. The summed E-state index contributed by atoms with van der Waals surface area (Å²) in [6.45, 7) is 7.27. The monoisotopic (exact) mass is 343 g/mol. The van der Waals surface area contributed by atoms with Crippen molar-refractivity contribution < 1.29 is 27.8 Å². The fourth-order valence-corrected chi connectivity index (χ4v) is 3.74. The smallest absolute Gasteiger partial charge is 0.391 e. The Morgan fingerprint density at radius 3 is 2.18 bits per heavy atom. The molecule has 2 N–H and O–H groups in total. The predicted octanol–water partition coefficient (Wildman–Crippen LogP) is 2.41. The first kappa shape index (κ1) is 19.6. The number of thioether (sulfide) groups is 1. The van der Waals surface area contributed by atoms with Crippen LogP contribution in [0, 0.1) is 17.8 Å². The summed E-state index contributed by atoms with van der Waals surface area (Å²) in [7, 11) is 0. The van der Waals surface area contributed by atoms with Gasteiger partial charge in [0.05, 0.1) is 18.2 Å². The predicted molar refractivity (Wildman–Crippen MR) is 79.3 cm³/mol. The van der Waals surface area contributed by atoms with Crippen molar-refractivity contribution in [2.45, 2.75) is 57.6 Å². The maximum atomic E-state index is 12.5. The number of amides is 1. The van der Waals surface area contributed by atoms with Crippen molar-refractivity contribution in [3.05, 3.63) is 0 Å². The van der Waals surface area contributed by atoms with Gasteiger partial charge in [0.25, 0.3) is 0 Å². The number of ether oxygens (including phenoxy) is 1. The molecule has 7 atom stereocenters. The van der Waals surface area contributed by atoms with Gasteiger partial charge in [-0.25, -0.2) is 0 Å². The lowest BCUT2D eigenvalue weighted by atomic mass is 9.77. The maximum absolute atomic E-state index is 12.5. The van der Waals surface area contributed by atoms with Crippen LogP contribution in [0.25, 0.3) is 0 Å². The Morgan fingerprint density at radius 1 is 1.23 bits per heavy atom. The van der Waals surface area contributed by atoms with Gasteiger partial charge in [0.15, 0.2) is 0 Å². The highest BCUT2D eigenvalue weighted by atomic mass is 32.2. The van der Waals surface area contributed by atoms with Crippen LogP contribution in [0.1, 0.15) is 27.7 Å². The van der Waals surface area contributed by atoms with Crippen molar-refractivity contribution in [2.75, 3.05) is 6.26 Å². The van der Waals surface area contributed by atoms with Crippen LogP contribution in [-0.4, -0.2) is 47.1 Å². The highest BCUT2D eigenvalue weighted by molar-refractivity contribution is 7.99. The van der Waals surface area contributed by atoms with Crippen LogP contribution in [0.4, 0.5) is 13.2 Å². The molecular formula is C14H24F3NO3S. The van der Waals surface area contributed by atoms with E-state index in [1.165, 1.54) is 18.7 Å². The van der Waals surface area contributed by atoms with Crippen LogP contribution in [0.15, 0.2) is 0 Å². The van der Waals surface area contributed by atoms with Crippen LogP contribution >= 0.6 is 11.8 Å². The van der Waals surface area contributed by atoms with Gasteiger partial charge < -0.3 is 15.2 Å². The molecule has 2 unspecified atom stereocenters. The van der Waals surface area contributed by atoms with Gasteiger partial charge >= 0.3 is 12.1 Å². The lowest BCUT2D eigenvalue weighted by Crippen LogP contribution is -2.59. The van der Waals surface area contributed by atoms with Crippen molar-refractivity contribution in [3.63, 3.8) is 0 Å². The van der Waals surface area contributed by atoms with Gasteiger partial charge in [0.1, 0.15) is 5.44 Å². The average Bonchev–Trinajstić information content (AvgIpc) is 2.41. The van der Waals surface area contributed by atoms with Crippen molar-refractivity contribution >= 4 is 17.7 Å². The molecule has 1 amide bonds. The number of hydrogen-bond donors (Lipinski definition) is 2. The molecule has 1 aliphatic heterocycles. The summed E-state index contributed by atoms with van der Waals surface area (Å²) >= 11 is 1.48. The van der Waals surface area contributed by atoms with Gasteiger partial charge in [-0.2, -0.15) is 13.2 Å². The van der Waals surface area contributed by atoms with E-state index in [2.05, 4.69) is 0 Å². The summed E-state index contributed by atoms with van der Waals surface area (Å²) in [5.41, 5.74) is -0.180. The molecule has 0 aromatic heterocycles. The Labute approximate surface area is 133 Å². The summed E-state index contributed by atoms with van der Waals surface area (Å²) in [4.78, 5) is 11.2. The second kappa shape index (κ2) is 7.40. The molecule has 1 heterocycles. The molecule has 8 heteroatoms. The van der Waals surface area contributed by atoms with E-state index in [0.717, 1.165) is 0 Å². The molecule has 22 heavy (non-hydrogen) atoms. The summed E-state index contributed by atoms with van der Waals surface area (Å²) in [6, 6.07) is -1.10. The first-order valence-corrected chi connectivity index (χ1v) is 8.53. The molecule has 4 nitrogen and oxygen atoms in total. The first-order valence-electron chi connectivity index (χ1n) is 7.24. The van der Waals surface area contributed by atoms with Gasteiger partial charge in [0.2, 0.25) is 0 Å². The number of rotatable bonds is 4. The number of carbonyl (C=O) groups is 1. The SMILES string of the molecule is CSC1O[C@H]([C@H](NC(=O)C(F)(F)F)[C@@H](C)O)C(C)[C@@H](C)[C@H]1C. The van der Waals surface area contributed by atoms with Crippen molar-refractivity contribution in [2.24, 2.45) is 17.8 Å². The number of aliphatic hydroxyl groups excluding tert-OH is 1. The van der Waals surface area contributed by atoms with Crippen LogP contribution in [0.2, 0.25) is 0 Å². The second-order valence-electron chi connectivity index (χ2n) is 6.02. The number of halogens is 3. The third-order valence-corrected chi connectivity index (χ3v) is 5.56. The molecule has 0 radical (unpaired) electrons. The second-order valence-corrected chi connectivity index (χ2v) is 6.96. The highest BCUT2D eigenvalue weighted by Crippen LogP contribution is 2.40. The van der Waals surface area contributed by atoms with Gasteiger partial charge in [-0.3, -0.25) is 4.79 Å². The first-order chi connectivity index (χ1) is 10.0. The molecule has 0 aromatic carbocycles. The Kier molecular flexibility index (Phi) is 6.58. The molecule has 130 valence electrons. The van der Waals surface area contributed by atoms with Crippen LogP contribution < -0.4 is 5.32 Å². The molecule has 1 rings (SSSR count). The van der Waals surface area contributed by atoms with Gasteiger partial charge in [-0.05, 0) is 30.9 Å². The van der Waals surface area contributed by atoms with E-state index in [9.17, 15) is 23.1 Å². The fraction of sp³-hybridized carbons (Fsp3) is 0.929. The minimum absolute atomic E-state index is 0.0912. The van der Waals surface area contributed by atoms with E-state index in [0.29, 0.717) is 0 Å². The van der Waals surface area contributed by atoms with E-state index in [4.69, 9.17) is 4.74 Å². The molecular weight excluding hydrogens is 319 g/mol. The Bertz CT molecular complexity index is 390. The molecule has 0 bridgehead atoms. The summed E-state index contributed by atoms with van der Waals surface area (Å²) in [5, 5.41) is 11.7. The Hall–Kier alpha value is -0.470. The summed E-state index contributed by atoms with van der Waals surface area (Å²) < 4.78 is 43.3. The molecule has 0 saturated carbocycles. The Balaban J connectivity index is 2.97. The summed E-state index contributed by atoms with van der Waals surface area (Å²) in [5.74, 6) is -1.72. The zero-order chi connectivity index (χ0) is 17.2. The molecule has 0 aromatic rings. The minimum atomic E-state index is -4.98. The normalized spacial score (nSPS) is 35.8. The molecule has 0 spiro atoms. The Morgan fingerprint density at radius 2 is 1.77 bits per heavy atom. The number of carbonyl (C=O) groups excluding carboxylic acids is 1. The topological polar surface area (TPSA) is 58.6 Å². The standard InChI is InChI=1S/C14H24F3NO3S/c1-6-7(2)11(21-12(22-5)8(6)3)10(9(4)19)18-13(20)14(15,16)17/h6-12,19H,1-5H3,(H,18,20)/t6-,7?,8-,9-,10-,11+,12?/m1/s1. The number of aliphatic hydroxyl groups is 1. The van der Waals surface area contributed by atoms with Crippen molar-refractivity contribution in [1.82, 2.24) is 5.32 Å². The van der Waals surface area contributed by atoms with Crippen molar-refractivity contribution in [3.8, 4) is 0 Å². The molecule has 1 saturated heterocycles. The van der Waals surface area contributed by atoms with Gasteiger partial charge in [0, 0.05) is 0 Å². The largest absolute Gasteiger partial charge is 0.471 e. The lowest BCUT2D eigenvalue weighted by molar-refractivity contribution is -0.179. The van der Waals surface area contributed by atoms with Crippen molar-refractivity contribution in [1.29, 1.82) is 0 Å². The third kappa shape index (κ3) is 4.29. The fourth-order valence-electron chi connectivity index (χ4n) is 2.82. The molecule has 0 aliphatic carbocycles. The average molecular weight is 343 g/mol. The van der Waals surface area contributed by atoms with Gasteiger partial charge in [-0.1, -0.05) is 20.8 Å². The van der Waals surface area contributed by atoms with Crippen LogP contribution in [-0.2, 0) is 9.53 Å². The number of hydrogen-bond acceptors (Lipinski definition) is 4. The van der Waals surface area contributed by atoms with E-state index < -0.39 is 30.3 Å². The van der Waals surface area contributed by atoms with E-state index in [1.807, 2.05) is 32.3 Å². The minimum Gasteiger partial charge on any atom is -0.391 e. The lowest BCUT2D eigenvalue weighted by Gasteiger charge is -2.46. The zero-order valence-corrected chi connectivity index (χ0v) is 14.2. The number of alkyl halides is 3. The van der Waals surface area contributed by atoms with Crippen LogP contribution in [0.5, 0.6) is 0 Å². The van der Waals surface area contributed by atoms with E-state index >= 15 is 0 Å². The van der Waals surface area contributed by atoms with Gasteiger partial charge in [-0.15, -0.1) is 11.8 Å². The summed E-state index contributed by atoms with van der Waals surface area (Å²) in [6.07, 6.45) is -4.94. The zero-order valence-electron chi connectivity index (χ0n) is 13.3. The number of nitrogens with one attached hydrogen (secondary N) is 1. The van der Waals surface area contributed by atoms with E-state index in [1.54, 1.807) is 0 Å².